The molecule has 15 heavy (non-hydrogen) atoms. The largest absolute Gasteiger partial charge is 0.496 e. The lowest BCUT2D eigenvalue weighted by molar-refractivity contribution is 0.112. The second kappa shape index (κ2) is 3.73. The van der Waals surface area contributed by atoms with Gasteiger partial charge in [-0.3, -0.25) is 4.79 Å². The van der Waals surface area contributed by atoms with Crippen LogP contribution in [0.2, 0.25) is 0 Å². The van der Waals surface area contributed by atoms with Crippen molar-refractivity contribution in [2.75, 3.05) is 7.11 Å². The number of carbonyl (C=O) groups is 1. The average Bonchev–Trinajstić information content (AvgIpc) is 2.29. The number of fused-ring (bicyclic) bond motifs is 1. The molecule has 0 spiro atoms. The molecule has 0 bridgehead atoms. The summed E-state index contributed by atoms with van der Waals surface area (Å²) in [7, 11) is 1.66. The minimum atomic E-state index is 0.701. The summed E-state index contributed by atoms with van der Waals surface area (Å²) >= 11 is 0. The van der Waals surface area contributed by atoms with Crippen molar-refractivity contribution in [3.8, 4) is 5.75 Å². The Kier molecular flexibility index (Phi) is 2.42. The van der Waals surface area contributed by atoms with E-state index in [0.29, 0.717) is 5.56 Å². The van der Waals surface area contributed by atoms with E-state index in [-0.39, 0.29) is 0 Å². The number of methoxy groups -OCH3 is 1. The van der Waals surface area contributed by atoms with E-state index in [4.69, 9.17) is 4.74 Å². The monoisotopic (exact) mass is 200 g/mol. The molecule has 0 heterocycles. The molecule has 0 atom stereocenters. The molecule has 0 saturated carbocycles. The van der Waals surface area contributed by atoms with Crippen molar-refractivity contribution in [2.24, 2.45) is 0 Å². The number of rotatable bonds is 2. The van der Waals surface area contributed by atoms with Crippen LogP contribution in [0.5, 0.6) is 5.75 Å². The lowest BCUT2D eigenvalue weighted by Crippen LogP contribution is -1.89. The Hall–Kier alpha value is -1.83. The Balaban J connectivity index is 2.73. The van der Waals surface area contributed by atoms with Crippen molar-refractivity contribution in [1.82, 2.24) is 0 Å². The number of hydrogen-bond acceptors (Lipinski definition) is 2. The maximum absolute atomic E-state index is 10.6. The number of ether oxygens (including phenoxy) is 1. The van der Waals surface area contributed by atoms with E-state index in [9.17, 15) is 4.79 Å². The van der Waals surface area contributed by atoms with Crippen molar-refractivity contribution in [1.29, 1.82) is 0 Å². The van der Waals surface area contributed by atoms with Crippen LogP contribution in [0.4, 0.5) is 0 Å². The van der Waals surface area contributed by atoms with Gasteiger partial charge in [-0.2, -0.15) is 0 Å². The van der Waals surface area contributed by atoms with Gasteiger partial charge in [0, 0.05) is 5.56 Å². The molecule has 0 N–H and O–H groups in total. The van der Waals surface area contributed by atoms with Crippen LogP contribution in [-0.4, -0.2) is 13.4 Å². The fourth-order valence-corrected chi connectivity index (χ4v) is 1.78. The van der Waals surface area contributed by atoms with Crippen LogP contribution in [0.15, 0.2) is 30.3 Å². The highest BCUT2D eigenvalue weighted by Gasteiger charge is 2.03. The van der Waals surface area contributed by atoms with Gasteiger partial charge in [0.15, 0.2) is 0 Å². The zero-order valence-electron chi connectivity index (χ0n) is 8.78. The molecule has 2 aromatic carbocycles. The van der Waals surface area contributed by atoms with Gasteiger partial charge in [0.25, 0.3) is 0 Å². The number of benzene rings is 2. The fraction of sp³-hybridized carbons (Fsp3) is 0.154. The first-order valence-corrected chi connectivity index (χ1v) is 4.79. The molecule has 0 aliphatic rings. The summed E-state index contributed by atoms with van der Waals surface area (Å²) in [5, 5.41) is 2.19. The van der Waals surface area contributed by atoms with Crippen molar-refractivity contribution in [2.45, 2.75) is 6.92 Å². The normalized spacial score (nSPS) is 10.3. The number of carbonyl (C=O) groups excluding carboxylic acids is 1. The summed E-state index contributed by atoms with van der Waals surface area (Å²) < 4.78 is 5.24. The van der Waals surface area contributed by atoms with E-state index in [2.05, 4.69) is 0 Å². The number of hydrogen-bond donors (Lipinski definition) is 0. The summed E-state index contributed by atoms with van der Waals surface area (Å²) in [4.78, 5) is 10.6. The van der Waals surface area contributed by atoms with Crippen LogP contribution in [0.1, 0.15) is 15.9 Å². The van der Waals surface area contributed by atoms with Crippen molar-refractivity contribution >= 4 is 17.1 Å². The lowest BCUT2D eigenvalue weighted by Gasteiger charge is -2.08. The van der Waals surface area contributed by atoms with Gasteiger partial charge in [-0.25, -0.2) is 0 Å². The first-order valence-electron chi connectivity index (χ1n) is 4.79. The Morgan fingerprint density at radius 2 is 2.00 bits per heavy atom. The van der Waals surface area contributed by atoms with Crippen molar-refractivity contribution < 1.29 is 9.53 Å². The molecular weight excluding hydrogens is 188 g/mol. The molecule has 0 aromatic heterocycles. The summed E-state index contributed by atoms with van der Waals surface area (Å²) in [5.41, 5.74) is 1.81. The van der Waals surface area contributed by atoms with E-state index in [1.165, 1.54) is 0 Å². The molecule has 2 rings (SSSR count). The summed E-state index contributed by atoms with van der Waals surface area (Å²) in [6.07, 6.45) is 0.860. The minimum absolute atomic E-state index is 0.701. The van der Waals surface area contributed by atoms with E-state index >= 15 is 0 Å². The smallest absolute Gasteiger partial charge is 0.150 e. The van der Waals surface area contributed by atoms with Gasteiger partial charge in [-0.05, 0) is 35.4 Å². The Morgan fingerprint density at radius 3 is 2.67 bits per heavy atom. The molecule has 2 heteroatoms. The van der Waals surface area contributed by atoms with Crippen LogP contribution in [0.3, 0.4) is 0 Å². The van der Waals surface area contributed by atoms with E-state index < -0.39 is 0 Å². The third-order valence-electron chi connectivity index (χ3n) is 2.62. The molecule has 0 aliphatic carbocycles. The van der Waals surface area contributed by atoms with E-state index in [0.717, 1.165) is 28.4 Å². The highest BCUT2D eigenvalue weighted by atomic mass is 16.5. The van der Waals surface area contributed by atoms with Gasteiger partial charge >= 0.3 is 0 Å². The van der Waals surface area contributed by atoms with Gasteiger partial charge in [-0.1, -0.05) is 18.2 Å². The predicted molar refractivity (Wildman–Crippen MR) is 60.6 cm³/mol. The Labute approximate surface area is 88.5 Å². The first kappa shape index (κ1) is 9.71. The molecule has 0 saturated heterocycles. The third-order valence-corrected chi connectivity index (χ3v) is 2.62. The molecule has 76 valence electrons. The summed E-state index contributed by atoms with van der Waals surface area (Å²) in [6.45, 7) is 2.02. The van der Waals surface area contributed by atoms with E-state index in [1.54, 1.807) is 7.11 Å². The molecule has 0 aliphatic heterocycles. The first-order chi connectivity index (χ1) is 7.26. The number of aryl methyl sites for hydroxylation is 1. The maximum Gasteiger partial charge on any atom is 0.150 e. The average molecular weight is 200 g/mol. The predicted octanol–water partition coefficient (Wildman–Crippen LogP) is 2.97. The zero-order chi connectivity index (χ0) is 10.8. The summed E-state index contributed by atoms with van der Waals surface area (Å²) in [6, 6.07) is 9.55. The highest BCUT2D eigenvalue weighted by molar-refractivity contribution is 5.92. The zero-order valence-corrected chi connectivity index (χ0v) is 8.78. The van der Waals surface area contributed by atoms with Crippen LogP contribution in [-0.2, 0) is 0 Å². The molecule has 0 unspecified atom stereocenters. The van der Waals surface area contributed by atoms with Crippen LogP contribution < -0.4 is 4.74 Å². The molecular formula is C13H12O2. The number of aldehydes is 1. The molecule has 2 aromatic rings. The second-order valence-electron chi connectivity index (χ2n) is 3.49. The quantitative estimate of drug-likeness (QED) is 0.696. The topological polar surface area (TPSA) is 26.3 Å². The lowest BCUT2D eigenvalue weighted by atomic mass is 10.0. The fourth-order valence-electron chi connectivity index (χ4n) is 1.78. The SMILES string of the molecule is COc1ccc2cc(C=O)ccc2c1C. The third kappa shape index (κ3) is 1.59. The maximum atomic E-state index is 10.6. The van der Waals surface area contributed by atoms with Crippen molar-refractivity contribution in [3.05, 3.63) is 41.5 Å². The van der Waals surface area contributed by atoms with Crippen LogP contribution in [0, 0.1) is 6.92 Å². The molecule has 0 radical (unpaired) electrons. The van der Waals surface area contributed by atoms with E-state index in [1.807, 2.05) is 37.3 Å². The molecule has 0 amide bonds. The van der Waals surface area contributed by atoms with Gasteiger partial charge in [0.1, 0.15) is 12.0 Å². The second-order valence-corrected chi connectivity index (χ2v) is 3.49. The van der Waals surface area contributed by atoms with Crippen LogP contribution in [0.25, 0.3) is 10.8 Å². The van der Waals surface area contributed by atoms with Crippen molar-refractivity contribution in [3.63, 3.8) is 0 Å². The Morgan fingerprint density at radius 1 is 1.20 bits per heavy atom. The van der Waals surface area contributed by atoms with Gasteiger partial charge in [0.05, 0.1) is 7.11 Å². The standard InChI is InChI=1S/C13H12O2/c1-9-12-5-3-10(8-14)7-11(12)4-6-13(9)15-2/h3-8H,1-2H3. The summed E-state index contributed by atoms with van der Waals surface area (Å²) in [5.74, 6) is 0.876. The van der Waals surface area contributed by atoms with Gasteiger partial charge in [0.2, 0.25) is 0 Å². The van der Waals surface area contributed by atoms with Gasteiger partial charge in [-0.15, -0.1) is 0 Å². The molecule has 2 nitrogen and oxygen atoms in total. The van der Waals surface area contributed by atoms with Crippen LogP contribution >= 0.6 is 0 Å². The highest BCUT2D eigenvalue weighted by Crippen LogP contribution is 2.27. The minimum Gasteiger partial charge on any atom is -0.496 e. The Bertz CT molecular complexity index is 515. The molecule has 0 fully saturated rings. The van der Waals surface area contributed by atoms with Gasteiger partial charge < -0.3 is 4.74 Å².